The van der Waals surface area contributed by atoms with E-state index in [1.54, 1.807) is 20.3 Å². The summed E-state index contributed by atoms with van der Waals surface area (Å²) in [7, 11) is -0.257. The topological polar surface area (TPSA) is 127 Å². The molecule has 0 atom stereocenters. The molecule has 1 aliphatic heterocycles. The molecule has 12 heteroatoms. The number of aromatic amines is 1. The molecule has 1 N–H and O–H groups in total. The van der Waals surface area contributed by atoms with Crippen LogP contribution >= 0.6 is 0 Å². The maximum absolute atomic E-state index is 12.4. The smallest absolute Gasteiger partial charge is 0.281 e. The zero-order chi connectivity index (χ0) is 23.2. The SMILES string of the molecule is CN(C)S(=O)(=O)N1CCN([C@H]2C[C@](CC#N)(n3cc(-c4ncnc5[nH]ccc45)cn3)C2)CC1. The lowest BCUT2D eigenvalue weighted by Gasteiger charge is -2.52. The van der Waals surface area contributed by atoms with Gasteiger partial charge in [-0.25, -0.2) is 9.97 Å². The van der Waals surface area contributed by atoms with Gasteiger partial charge in [-0.15, -0.1) is 0 Å². The number of aromatic nitrogens is 5. The second-order valence-electron chi connectivity index (χ2n) is 8.98. The molecule has 3 aromatic heterocycles. The molecule has 1 aliphatic carbocycles. The Kier molecular flexibility index (Phi) is 5.44. The van der Waals surface area contributed by atoms with Crippen LogP contribution in [0.2, 0.25) is 0 Å². The molecule has 5 rings (SSSR count). The second-order valence-corrected chi connectivity index (χ2v) is 11.1. The Morgan fingerprint density at radius 1 is 1.24 bits per heavy atom. The molecule has 0 amide bonds. The summed E-state index contributed by atoms with van der Waals surface area (Å²) in [6, 6.07) is 4.60. The average molecular weight is 470 g/mol. The summed E-state index contributed by atoms with van der Waals surface area (Å²) in [5.41, 5.74) is 2.13. The van der Waals surface area contributed by atoms with Crippen molar-refractivity contribution >= 4 is 21.2 Å². The van der Waals surface area contributed by atoms with Crippen molar-refractivity contribution in [3.63, 3.8) is 0 Å². The Hall–Kier alpha value is -2.85. The normalized spacial score (nSPS) is 24.7. The van der Waals surface area contributed by atoms with E-state index in [1.165, 1.54) is 14.9 Å². The molecule has 0 unspecified atom stereocenters. The van der Waals surface area contributed by atoms with Crippen molar-refractivity contribution in [2.24, 2.45) is 0 Å². The van der Waals surface area contributed by atoms with Gasteiger partial charge >= 0.3 is 0 Å². The van der Waals surface area contributed by atoms with Crippen LogP contribution in [0.1, 0.15) is 19.3 Å². The van der Waals surface area contributed by atoms with Crippen LogP contribution in [0.3, 0.4) is 0 Å². The summed E-state index contributed by atoms with van der Waals surface area (Å²) in [5.74, 6) is 0. The number of fused-ring (bicyclic) bond motifs is 1. The zero-order valence-electron chi connectivity index (χ0n) is 18.7. The minimum Gasteiger partial charge on any atom is -0.346 e. The quantitative estimate of drug-likeness (QED) is 0.571. The van der Waals surface area contributed by atoms with Crippen LogP contribution in [0.5, 0.6) is 0 Å². The van der Waals surface area contributed by atoms with E-state index in [0.717, 1.165) is 35.1 Å². The lowest BCUT2D eigenvalue weighted by molar-refractivity contribution is -0.00931. The monoisotopic (exact) mass is 469 g/mol. The summed E-state index contributed by atoms with van der Waals surface area (Å²) in [6.45, 7) is 2.34. The highest BCUT2D eigenvalue weighted by molar-refractivity contribution is 7.86. The summed E-state index contributed by atoms with van der Waals surface area (Å²) in [6.07, 6.45) is 9.15. The first-order chi connectivity index (χ1) is 15.8. The number of hydrogen-bond acceptors (Lipinski definition) is 7. The summed E-state index contributed by atoms with van der Waals surface area (Å²) in [4.78, 5) is 14.1. The van der Waals surface area contributed by atoms with E-state index in [-0.39, 0.29) is 5.54 Å². The Morgan fingerprint density at radius 2 is 2.00 bits per heavy atom. The number of rotatable bonds is 6. The minimum absolute atomic E-state index is 0.311. The van der Waals surface area contributed by atoms with E-state index in [9.17, 15) is 13.7 Å². The molecule has 33 heavy (non-hydrogen) atoms. The highest BCUT2D eigenvalue weighted by Gasteiger charge is 2.49. The first-order valence-corrected chi connectivity index (χ1v) is 12.4. The fourth-order valence-electron chi connectivity index (χ4n) is 4.97. The Balaban J connectivity index is 1.30. The molecule has 0 aromatic carbocycles. The lowest BCUT2D eigenvalue weighted by Crippen LogP contribution is -2.61. The zero-order valence-corrected chi connectivity index (χ0v) is 19.5. The van der Waals surface area contributed by atoms with E-state index >= 15 is 0 Å². The van der Waals surface area contributed by atoms with Crippen molar-refractivity contribution in [3.8, 4) is 17.3 Å². The van der Waals surface area contributed by atoms with E-state index in [0.29, 0.717) is 38.6 Å². The first kappa shape index (κ1) is 22.0. The Bertz CT molecular complexity index is 1290. The molecule has 1 saturated heterocycles. The average Bonchev–Trinajstić information content (AvgIpc) is 3.46. The van der Waals surface area contributed by atoms with E-state index in [1.807, 2.05) is 23.1 Å². The van der Waals surface area contributed by atoms with E-state index in [2.05, 4.69) is 31.0 Å². The summed E-state index contributed by atoms with van der Waals surface area (Å²) in [5, 5.41) is 15.1. The molecular formula is C21H27N9O2S. The summed E-state index contributed by atoms with van der Waals surface area (Å²) < 4.78 is 29.5. The van der Waals surface area contributed by atoms with Crippen molar-refractivity contribution < 1.29 is 8.42 Å². The van der Waals surface area contributed by atoms with Gasteiger partial charge in [0.1, 0.15) is 12.0 Å². The summed E-state index contributed by atoms with van der Waals surface area (Å²) >= 11 is 0. The molecule has 4 heterocycles. The van der Waals surface area contributed by atoms with Crippen LogP contribution in [-0.4, -0.2) is 93.0 Å². The molecular weight excluding hydrogens is 442 g/mol. The van der Waals surface area contributed by atoms with E-state index < -0.39 is 10.2 Å². The van der Waals surface area contributed by atoms with Crippen molar-refractivity contribution in [2.75, 3.05) is 40.3 Å². The Labute approximate surface area is 192 Å². The van der Waals surface area contributed by atoms with Crippen LogP contribution < -0.4 is 0 Å². The standard InChI is InChI=1S/C21H27N9O2S/c1-27(2)33(31,32)29-9-7-28(8-10-29)17-11-21(12-17,4-5-22)30-14-16(13-26-30)19-18-3-6-23-20(18)25-15-24-19/h3,6,13-15,17H,4,7-12H2,1-2H3,(H,23,24,25)/t17-,21-. The van der Waals surface area contributed by atoms with Crippen molar-refractivity contribution in [3.05, 3.63) is 31.0 Å². The second kappa shape index (κ2) is 8.18. The molecule has 0 bridgehead atoms. The third-order valence-corrected chi connectivity index (χ3v) is 8.85. The van der Waals surface area contributed by atoms with Gasteiger partial charge in [-0.05, 0) is 18.9 Å². The van der Waals surface area contributed by atoms with Gasteiger partial charge in [-0.1, -0.05) is 0 Å². The predicted molar refractivity (Wildman–Crippen MR) is 122 cm³/mol. The highest BCUT2D eigenvalue weighted by atomic mass is 32.2. The van der Waals surface area contributed by atoms with Gasteiger partial charge in [0.15, 0.2) is 0 Å². The molecule has 3 aromatic rings. The van der Waals surface area contributed by atoms with Crippen molar-refractivity contribution in [2.45, 2.75) is 30.8 Å². The number of piperazine rings is 1. The van der Waals surface area contributed by atoms with Gasteiger partial charge in [0, 0.05) is 69.7 Å². The number of nitriles is 1. The Morgan fingerprint density at radius 3 is 2.70 bits per heavy atom. The highest BCUT2D eigenvalue weighted by Crippen LogP contribution is 2.45. The van der Waals surface area contributed by atoms with Gasteiger partial charge in [-0.2, -0.15) is 27.4 Å². The fraction of sp³-hybridized carbons (Fsp3) is 0.524. The van der Waals surface area contributed by atoms with Gasteiger partial charge in [-0.3, -0.25) is 9.58 Å². The maximum Gasteiger partial charge on any atom is 0.281 e. The number of hydrogen-bond donors (Lipinski definition) is 1. The molecule has 1 saturated carbocycles. The van der Waals surface area contributed by atoms with Crippen LogP contribution in [0.15, 0.2) is 31.0 Å². The molecule has 0 radical (unpaired) electrons. The predicted octanol–water partition coefficient (Wildman–Crippen LogP) is 1.02. The van der Waals surface area contributed by atoms with Crippen molar-refractivity contribution in [1.29, 1.82) is 5.26 Å². The maximum atomic E-state index is 12.4. The number of nitrogens with zero attached hydrogens (tertiary/aromatic N) is 8. The van der Waals surface area contributed by atoms with Crippen LogP contribution in [0, 0.1) is 11.3 Å². The minimum atomic E-state index is -3.38. The van der Waals surface area contributed by atoms with Gasteiger partial charge in [0.2, 0.25) is 0 Å². The first-order valence-electron chi connectivity index (χ1n) is 11.0. The van der Waals surface area contributed by atoms with Crippen molar-refractivity contribution in [1.82, 2.24) is 38.2 Å². The van der Waals surface area contributed by atoms with Crippen LogP contribution in [-0.2, 0) is 15.7 Å². The molecule has 11 nitrogen and oxygen atoms in total. The van der Waals surface area contributed by atoms with Gasteiger partial charge in [0.25, 0.3) is 10.2 Å². The third kappa shape index (κ3) is 3.71. The number of nitrogens with one attached hydrogen (secondary N) is 1. The molecule has 0 spiro atoms. The molecule has 2 aliphatic rings. The molecule has 174 valence electrons. The molecule has 2 fully saturated rings. The third-order valence-electron chi connectivity index (χ3n) is 6.91. The van der Waals surface area contributed by atoms with Gasteiger partial charge < -0.3 is 4.98 Å². The van der Waals surface area contributed by atoms with E-state index in [4.69, 9.17) is 0 Å². The lowest BCUT2D eigenvalue weighted by atomic mass is 9.70. The largest absolute Gasteiger partial charge is 0.346 e. The number of H-pyrrole nitrogens is 1. The van der Waals surface area contributed by atoms with Crippen LogP contribution in [0.4, 0.5) is 0 Å². The fourth-order valence-corrected chi connectivity index (χ4v) is 6.06. The van der Waals surface area contributed by atoms with Gasteiger partial charge in [0.05, 0.1) is 29.9 Å². The van der Waals surface area contributed by atoms with Crippen LogP contribution in [0.25, 0.3) is 22.3 Å².